The molecule has 1 saturated heterocycles. The van der Waals surface area contributed by atoms with Gasteiger partial charge in [-0.2, -0.15) is 0 Å². The molecule has 0 bridgehead atoms. The first-order chi connectivity index (χ1) is 14.9. The van der Waals surface area contributed by atoms with Gasteiger partial charge in [0.05, 0.1) is 34.4 Å². The average Bonchev–Trinajstić information content (AvgIpc) is 3.27. The highest BCUT2D eigenvalue weighted by molar-refractivity contribution is 8.00. The van der Waals surface area contributed by atoms with Crippen LogP contribution < -0.4 is 10.1 Å². The summed E-state index contributed by atoms with van der Waals surface area (Å²) in [5, 5.41) is 3.15. The maximum absolute atomic E-state index is 12.7. The van der Waals surface area contributed by atoms with E-state index in [0.717, 1.165) is 22.5 Å². The van der Waals surface area contributed by atoms with E-state index in [0.29, 0.717) is 18.2 Å². The van der Waals surface area contributed by atoms with E-state index >= 15 is 0 Å². The van der Waals surface area contributed by atoms with Gasteiger partial charge in [-0.1, -0.05) is 23.9 Å². The lowest BCUT2D eigenvalue weighted by molar-refractivity contribution is -0.120. The van der Waals surface area contributed by atoms with Crippen molar-refractivity contribution in [2.45, 2.75) is 36.7 Å². The molecule has 2 atom stereocenters. The van der Waals surface area contributed by atoms with Crippen LogP contribution in [0.4, 0.5) is 0 Å². The first-order valence-corrected chi connectivity index (χ1v) is 12.9. The molecule has 0 spiro atoms. The number of carbonyl (C=O) groups is 1. The van der Waals surface area contributed by atoms with Crippen LogP contribution in [-0.4, -0.2) is 53.3 Å². The normalized spacial score (nSPS) is 18.7. The van der Waals surface area contributed by atoms with E-state index in [-0.39, 0.29) is 23.5 Å². The molecule has 1 aromatic heterocycles. The first-order valence-electron chi connectivity index (χ1n) is 10.2. The Labute approximate surface area is 186 Å². The molecule has 3 aromatic rings. The Morgan fingerprint density at radius 2 is 2.00 bits per heavy atom. The van der Waals surface area contributed by atoms with E-state index in [4.69, 9.17) is 9.72 Å². The lowest BCUT2D eigenvalue weighted by Gasteiger charge is -2.16. The smallest absolute Gasteiger partial charge is 0.233 e. The Bertz CT molecular complexity index is 1190. The third-order valence-corrected chi connectivity index (χ3v) is 7.99. The van der Waals surface area contributed by atoms with E-state index < -0.39 is 15.1 Å². The predicted octanol–water partition coefficient (Wildman–Crippen LogP) is 3.21. The number of benzene rings is 2. The van der Waals surface area contributed by atoms with Gasteiger partial charge < -0.3 is 10.1 Å². The number of thioether (sulfide) groups is 1. The number of carbonyl (C=O) groups excluding carboxylic acids is 1. The van der Waals surface area contributed by atoms with E-state index in [1.165, 1.54) is 11.8 Å². The Balaban J connectivity index is 1.58. The van der Waals surface area contributed by atoms with E-state index in [1.54, 1.807) is 0 Å². The number of para-hydroxylation sites is 2. The molecular formula is C22H25N3O4S2. The Morgan fingerprint density at radius 3 is 2.68 bits per heavy atom. The summed E-state index contributed by atoms with van der Waals surface area (Å²) >= 11 is 1.36. The first kappa shape index (κ1) is 21.7. The molecule has 9 heteroatoms. The second-order valence-corrected chi connectivity index (χ2v) is 11.1. The van der Waals surface area contributed by atoms with E-state index in [2.05, 4.69) is 5.32 Å². The highest BCUT2D eigenvalue weighted by Gasteiger charge is 2.30. The summed E-state index contributed by atoms with van der Waals surface area (Å²) in [6.07, 6.45) is 0.468. The van der Waals surface area contributed by atoms with Crippen LogP contribution in [0, 0.1) is 0 Å². The standard InChI is InChI=1S/C22H25N3O4S2/c1-3-29-18-10-8-17(9-11-18)25-20-7-5-4-6-19(20)24-22(25)30-15(2)21(26)23-16-12-13-31(27,28)14-16/h4-11,15-16H,3,12-14H2,1-2H3,(H,23,26). The summed E-state index contributed by atoms with van der Waals surface area (Å²) in [6.45, 7) is 4.36. The molecule has 164 valence electrons. The SMILES string of the molecule is CCOc1ccc(-n2c(SC(C)C(=O)NC3CCS(=O)(=O)C3)nc3ccccc32)cc1. The van der Waals surface area contributed by atoms with Crippen LogP contribution in [0.5, 0.6) is 5.75 Å². The third-order valence-electron chi connectivity index (χ3n) is 5.17. The Kier molecular flexibility index (Phi) is 6.24. The molecule has 1 aliphatic rings. The molecule has 2 heterocycles. The highest BCUT2D eigenvalue weighted by Crippen LogP contribution is 2.31. The fourth-order valence-electron chi connectivity index (χ4n) is 3.63. The third kappa shape index (κ3) is 4.88. The average molecular weight is 460 g/mol. The van der Waals surface area contributed by atoms with Gasteiger partial charge in [-0.15, -0.1) is 0 Å². The van der Waals surface area contributed by atoms with Crippen molar-refractivity contribution >= 4 is 38.5 Å². The second-order valence-electron chi connectivity index (χ2n) is 7.51. The number of hydrogen-bond acceptors (Lipinski definition) is 6. The second kappa shape index (κ2) is 8.92. The largest absolute Gasteiger partial charge is 0.494 e. The summed E-state index contributed by atoms with van der Waals surface area (Å²) in [5.41, 5.74) is 2.71. The molecule has 2 aromatic carbocycles. The molecule has 2 unspecified atom stereocenters. The van der Waals surface area contributed by atoms with Crippen molar-refractivity contribution in [3.05, 3.63) is 48.5 Å². The van der Waals surface area contributed by atoms with Gasteiger partial charge in [-0.05, 0) is 56.7 Å². The zero-order chi connectivity index (χ0) is 22.0. The maximum atomic E-state index is 12.7. The number of fused-ring (bicyclic) bond motifs is 1. The summed E-state index contributed by atoms with van der Waals surface area (Å²) in [7, 11) is -3.04. The van der Waals surface area contributed by atoms with Gasteiger partial charge in [0.25, 0.3) is 0 Å². The van der Waals surface area contributed by atoms with Crippen molar-refractivity contribution in [1.82, 2.24) is 14.9 Å². The highest BCUT2D eigenvalue weighted by atomic mass is 32.2. The fraction of sp³-hybridized carbons (Fsp3) is 0.364. The van der Waals surface area contributed by atoms with Crippen LogP contribution >= 0.6 is 11.8 Å². The predicted molar refractivity (Wildman–Crippen MR) is 123 cm³/mol. The van der Waals surface area contributed by atoms with Crippen LogP contribution in [0.2, 0.25) is 0 Å². The number of ether oxygens (including phenoxy) is 1. The zero-order valence-corrected chi connectivity index (χ0v) is 19.1. The van der Waals surface area contributed by atoms with Gasteiger partial charge in [-0.25, -0.2) is 13.4 Å². The van der Waals surface area contributed by atoms with Gasteiger partial charge >= 0.3 is 0 Å². The summed E-state index contributed by atoms with van der Waals surface area (Å²) < 4.78 is 30.9. The van der Waals surface area contributed by atoms with Crippen LogP contribution in [-0.2, 0) is 14.6 Å². The number of imidazole rings is 1. The minimum Gasteiger partial charge on any atom is -0.494 e. The van der Waals surface area contributed by atoms with Crippen molar-refractivity contribution in [3.8, 4) is 11.4 Å². The lowest BCUT2D eigenvalue weighted by atomic mass is 10.2. The monoisotopic (exact) mass is 459 g/mol. The van der Waals surface area contributed by atoms with Gasteiger partial charge in [-0.3, -0.25) is 9.36 Å². The zero-order valence-electron chi connectivity index (χ0n) is 17.4. The van der Waals surface area contributed by atoms with E-state index in [1.807, 2.05) is 66.9 Å². The number of amides is 1. The topological polar surface area (TPSA) is 90.3 Å². The van der Waals surface area contributed by atoms with Crippen molar-refractivity contribution in [1.29, 1.82) is 0 Å². The quantitative estimate of drug-likeness (QED) is 0.546. The van der Waals surface area contributed by atoms with Crippen LogP contribution in [0.1, 0.15) is 20.3 Å². The van der Waals surface area contributed by atoms with Crippen LogP contribution in [0.15, 0.2) is 53.7 Å². The van der Waals surface area contributed by atoms with Crippen molar-refractivity contribution < 1.29 is 17.9 Å². The molecule has 1 aliphatic heterocycles. The maximum Gasteiger partial charge on any atom is 0.233 e. The Morgan fingerprint density at radius 1 is 1.26 bits per heavy atom. The number of hydrogen-bond donors (Lipinski definition) is 1. The molecule has 1 amide bonds. The minimum absolute atomic E-state index is 0.0147. The van der Waals surface area contributed by atoms with Gasteiger partial charge in [0.1, 0.15) is 5.75 Å². The van der Waals surface area contributed by atoms with Crippen LogP contribution in [0.3, 0.4) is 0 Å². The molecule has 0 saturated carbocycles. The van der Waals surface area contributed by atoms with Gasteiger partial charge in [0, 0.05) is 11.7 Å². The minimum atomic E-state index is -3.04. The lowest BCUT2D eigenvalue weighted by Crippen LogP contribution is -2.40. The molecule has 31 heavy (non-hydrogen) atoms. The van der Waals surface area contributed by atoms with E-state index in [9.17, 15) is 13.2 Å². The van der Waals surface area contributed by atoms with Gasteiger partial charge in [0.2, 0.25) is 5.91 Å². The molecule has 0 radical (unpaired) electrons. The molecule has 4 rings (SSSR count). The Hall–Kier alpha value is -2.52. The number of sulfone groups is 1. The van der Waals surface area contributed by atoms with Crippen LogP contribution in [0.25, 0.3) is 16.7 Å². The van der Waals surface area contributed by atoms with Crippen molar-refractivity contribution in [2.75, 3.05) is 18.1 Å². The summed E-state index contributed by atoms with van der Waals surface area (Å²) in [5.74, 6) is 0.759. The van der Waals surface area contributed by atoms with Crippen molar-refractivity contribution in [2.24, 2.45) is 0 Å². The number of nitrogens with one attached hydrogen (secondary N) is 1. The van der Waals surface area contributed by atoms with Crippen molar-refractivity contribution in [3.63, 3.8) is 0 Å². The number of nitrogens with zero attached hydrogens (tertiary/aromatic N) is 2. The number of rotatable bonds is 7. The molecule has 1 fully saturated rings. The molecule has 0 aliphatic carbocycles. The molecular weight excluding hydrogens is 434 g/mol. The summed E-state index contributed by atoms with van der Waals surface area (Å²) in [4.78, 5) is 17.5. The summed E-state index contributed by atoms with van der Waals surface area (Å²) in [6, 6.07) is 15.3. The van der Waals surface area contributed by atoms with Gasteiger partial charge in [0.15, 0.2) is 15.0 Å². The molecule has 1 N–H and O–H groups in total. The fourth-order valence-corrected chi connectivity index (χ4v) is 6.25. The molecule has 7 nitrogen and oxygen atoms in total. The number of aromatic nitrogens is 2.